The quantitative estimate of drug-likeness (QED) is 0.709. The van der Waals surface area contributed by atoms with Gasteiger partial charge in [-0.3, -0.25) is 4.79 Å². The Hall–Kier alpha value is -0.280. The molecule has 0 bridgehead atoms. The van der Waals surface area contributed by atoms with E-state index >= 15 is 0 Å². The summed E-state index contributed by atoms with van der Waals surface area (Å²) < 4.78 is 0. The van der Waals surface area contributed by atoms with Crippen molar-refractivity contribution < 1.29 is 9.90 Å². The maximum absolute atomic E-state index is 10.8. The SMILES string of the molecule is O=C(O)C[C@]1(CNCl)C[C@@H]2CCC[C@@H]21. The average Bonchev–Trinajstić information content (AvgIpc) is 2.46. The molecule has 2 aliphatic carbocycles. The number of hydrogen-bond donors (Lipinski definition) is 2. The van der Waals surface area contributed by atoms with Gasteiger partial charge in [0, 0.05) is 6.54 Å². The molecule has 0 unspecified atom stereocenters. The largest absolute Gasteiger partial charge is 0.481 e. The summed E-state index contributed by atoms with van der Waals surface area (Å²) in [5.74, 6) is 0.687. The summed E-state index contributed by atoms with van der Waals surface area (Å²) in [6.07, 6.45) is 5.06. The number of halogens is 1. The highest BCUT2D eigenvalue weighted by molar-refractivity contribution is 6.13. The number of carbonyl (C=O) groups is 1. The summed E-state index contributed by atoms with van der Waals surface area (Å²) >= 11 is 5.53. The minimum atomic E-state index is -0.692. The summed E-state index contributed by atoms with van der Waals surface area (Å²) in [6, 6.07) is 0. The Morgan fingerprint density at radius 3 is 2.93 bits per heavy atom. The van der Waals surface area contributed by atoms with Gasteiger partial charge < -0.3 is 5.11 Å². The molecule has 0 heterocycles. The Labute approximate surface area is 88.9 Å². The molecule has 0 saturated heterocycles. The zero-order valence-corrected chi connectivity index (χ0v) is 8.89. The standard InChI is InChI=1S/C10H16ClNO2/c11-12-6-10(5-9(13)14)4-7-2-1-3-8(7)10/h7-8,12H,1-6H2,(H,13,14)/t7-,8-,10-/m0/s1. The lowest BCUT2D eigenvalue weighted by Gasteiger charge is -2.52. The highest BCUT2D eigenvalue weighted by Gasteiger charge is 2.55. The van der Waals surface area contributed by atoms with Crippen LogP contribution in [0.4, 0.5) is 0 Å². The summed E-state index contributed by atoms with van der Waals surface area (Å²) in [5.41, 5.74) is -0.0469. The lowest BCUT2D eigenvalue weighted by molar-refractivity contribution is -0.145. The molecule has 2 fully saturated rings. The van der Waals surface area contributed by atoms with Gasteiger partial charge in [-0.25, -0.2) is 4.84 Å². The van der Waals surface area contributed by atoms with E-state index in [-0.39, 0.29) is 11.8 Å². The summed E-state index contributed by atoms with van der Waals surface area (Å²) in [6.45, 7) is 0.641. The molecule has 0 aliphatic heterocycles. The van der Waals surface area contributed by atoms with Gasteiger partial charge in [-0.2, -0.15) is 0 Å². The van der Waals surface area contributed by atoms with Crippen molar-refractivity contribution in [1.82, 2.24) is 4.84 Å². The Balaban J connectivity index is 2.04. The van der Waals surface area contributed by atoms with Gasteiger partial charge in [-0.05, 0) is 41.9 Å². The molecule has 14 heavy (non-hydrogen) atoms. The van der Waals surface area contributed by atoms with Crippen LogP contribution in [0, 0.1) is 17.3 Å². The van der Waals surface area contributed by atoms with Crippen LogP contribution >= 0.6 is 11.8 Å². The number of nitrogens with one attached hydrogen (secondary N) is 1. The van der Waals surface area contributed by atoms with Crippen LogP contribution in [0.5, 0.6) is 0 Å². The van der Waals surface area contributed by atoms with Crippen molar-refractivity contribution in [3.63, 3.8) is 0 Å². The third-order valence-corrected chi connectivity index (χ3v) is 4.17. The molecule has 0 aromatic rings. The number of carboxylic acids is 1. The molecule has 0 aromatic carbocycles. The Morgan fingerprint density at radius 2 is 2.36 bits per heavy atom. The van der Waals surface area contributed by atoms with Crippen LogP contribution in [0.1, 0.15) is 32.1 Å². The van der Waals surface area contributed by atoms with E-state index in [0.717, 1.165) is 12.3 Å². The van der Waals surface area contributed by atoms with Crippen LogP contribution < -0.4 is 4.84 Å². The normalized spacial score (nSPS) is 40.4. The zero-order chi connectivity index (χ0) is 10.2. The fourth-order valence-electron chi connectivity index (χ4n) is 3.50. The first-order chi connectivity index (χ1) is 6.68. The minimum absolute atomic E-state index is 0.0469. The van der Waals surface area contributed by atoms with E-state index in [9.17, 15) is 4.79 Å². The van der Waals surface area contributed by atoms with Crippen LogP contribution in [-0.4, -0.2) is 17.6 Å². The van der Waals surface area contributed by atoms with Crippen LogP contribution in [0.25, 0.3) is 0 Å². The van der Waals surface area contributed by atoms with E-state index in [1.54, 1.807) is 0 Å². The van der Waals surface area contributed by atoms with Gasteiger partial charge in [0.1, 0.15) is 0 Å². The monoisotopic (exact) mass is 217 g/mol. The maximum Gasteiger partial charge on any atom is 0.303 e. The number of fused-ring (bicyclic) bond motifs is 1. The van der Waals surface area contributed by atoms with E-state index < -0.39 is 5.97 Å². The van der Waals surface area contributed by atoms with E-state index in [0.29, 0.717) is 12.5 Å². The highest BCUT2D eigenvalue weighted by Crippen LogP contribution is 2.60. The first kappa shape index (κ1) is 10.2. The topological polar surface area (TPSA) is 49.3 Å². The number of hydrogen-bond acceptors (Lipinski definition) is 2. The van der Waals surface area contributed by atoms with Crippen molar-refractivity contribution >= 4 is 17.7 Å². The molecule has 0 amide bonds. The third kappa shape index (κ3) is 1.52. The lowest BCUT2D eigenvalue weighted by Crippen LogP contribution is -2.51. The van der Waals surface area contributed by atoms with Crippen molar-refractivity contribution in [2.24, 2.45) is 17.3 Å². The highest BCUT2D eigenvalue weighted by atomic mass is 35.5. The first-order valence-corrected chi connectivity index (χ1v) is 5.61. The first-order valence-electron chi connectivity index (χ1n) is 5.23. The molecule has 4 heteroatoms. The van der Waals surface area contributed by atoms with Gasteiger partial charge in [-0.15, -0.1) is 0 Å². The van der Waals surface area contributed by atoms with Crippen molar-refractivity contribution in [2.45, 2.75) is 32.1 Å². The zero-order valence-electron chi connectivity index (χ0n) is 8.13. The lowest BCUT2D eigenvalue weighted by atomic mass is 9.53. The van der Waals surface area contributed by atoms with Crippen molar-refractivity contribution in [3.05, 3.63) is 0 Å². The molecular weight excluding hydrogens is 202 g/mol. The Bertz CT molecular complexity index is 246. The van der Waals surface area contributed by atoms with Crippen LogP contribution in [-0.2, 0) is 4.79 Å². The number of aliphatic carboxylic acids is 1. The van der Waals surface area contributed by atoms with E-state index in [1.165, 1.54) is 19.3 Å². The summed E-state index contributed by atoms with van der Waals surface area (Å²) in [5, 5.41) is 8.89. The minimum Gasteiger partial charge on any atom is -0.481 e. The Kier molecular flexibility index (Phi) is 2.71. The molecule has 0 aromatic heterocycles. The fraction of sp³-hybridized carbons (Fsp3) is 0.900. The van der Waals surface area contributed by atoms with Gasteiger partial charge in [0.2, 0.25) is 0 Å². The van der Waals surface area contributed by atoms with Crippen LogP contribution in [0.3, 0.4) is 0 Å². The van der Waals surface area contributed by atoms with Gasteiger partial charge in [0.05, 0.1) is 6.42 Å². The van der Waals surface area contributed by atoms with E-state index in [1.807, 2.05) is 0 Å². The van der Waals surface area contributed by atoms with E-state index in [2.05, 4.69) is 4.84 Å². The molecule has 2 saturated carbocycles. The fourth-order valence-corrected chi connectivity index (χ4v) is 3.77. The van der Waals surface area contributed by atoms with Crippen molar-refractivity contribution in [3.8, 4) is 0 Å². The molecule has 2 N–H and O–H groups in total. The second-order valence-electron chi connectivity index (χ2n) is 4.74. The molecular formula is C10H16ClNO2. The Morgan fingerprint density at radius 1 is 1.57 bits per heavy atom. The molecule has 3 atom stereocenters. The summed E-state index contributed by atoms with van der Waals surface area (Å²) in [7, 11) is 0. The van der Waals surface area contributed by atoms with E-state index in [4.69, 9.17) is 16.9 Å². The maximum atomic E-state index is 10.8. The van der Waals surface area contributed by atoms with Crippen molar-refractivity contribution in [1.29, 1.82) is 0 Å². The number of carboxylic acid groups (broad SMARTS) is 1. The number of rotatable bonds is 4. The molecule has 80 valence electrons. The average molecular weight is 218 g/mol. The molecule has 2 aliphatic rings. The van der Waals surface area contributed by atoms with Crippen molar-refractivity contribution in [2.75, 3.05) is 6.54 Å². The van der Waals surface area contributed by atoms with Crippen LogP contribution in [0.2, 0.25) is 0 Å². The predicted octanol–water partition coefficient (Wildman–Crippen LogP) is 2.01. The smallest absolute Gasteiger partial charge is 0.303 e. The third-order valence-electron chi connectivity index (χ3n) is 4.04. The molecule has 0 spiro atoms. The molecule has 0 radical (unpaired) electrons. The second-order valence-corrected chi connectivity index (χ2v) is 5.01. The van der Waals surface area contributed by atoms with Gasteiger partial charge >= 0.3 is 5.97 Å². The summed E-state index contributed by atoms with van der Waals surface area (Å²) in [4.78, 5) is 13.4. The second kappa shape index (κ2) is 3.70. The van der Waals surface area contributed by atoms with Crippen LogP contribution in [0.15, 0.2) is 0 Å². The molecule has 2 rings (SSSR count). The molecule has 3 nitrogen and oxygen atoms in total. The van der Waals surface area contributed by atoms with Gasteiger partial charge in [0.15, 0.2) is 0 Å². The van der Waals surface area contributed by atoms with Gasteiger partial charge in [0.25, 0.3) is 0 Å². The van der Waals surface area contributed by atoms with Gasteiger partial charge in [-0.1, -0.05) is 12.8 Å². The predicted molar refractivity (Wildman–Crippen MR) is 54.0 cm³/mol.